The Morgan fingerprint density at radius 3 is 2.57 bits per heavy atom. The molecule has 3 rings (SSSR count). The van der Waals surface area contributed by atoms with E-state index < -0.39 is 0 Å². The average molecular weight is 414 g/mol. The number of amides is 2. The molecule has 0 bridgehead atoms. The van der Waals surface area contributed by atoms with Gasteiger partial charge in [0.15, 0.2) is 0 Å². The molecule has 1 aliphatic rings. The molecule has 0 spiro atoms. The first-order chi connectivity index (χ1) is 14.3. The van der Waals surface area contributed by atoms with Crippen molar-refractivity contribution in [1.82, 2.24) is 25.0 Å². The number of rotatable bonds is 7. The molecule has 0 aliphatic heterocycles. The van der Waals surface area contributed by atoms with Crippen molar-refractivity contribution in [3.63, 3.8) is 0 Å². The molecular formula is C22H31N5O3. The van der Waals surface area contributed by atoms with Crippen LogP contribution in [0.1, 0.15) is 59.4 Å². The summed E-state index contributed by atoms with van der Waals surface area (Å²) in [5.74, 6) is -0.459. The minimum atomic E-state index is -0.299. The van der Waals surface area contributed by atoms with Crippen molar-refractivity contribution in [2.45, 2.75) is 65.0 Å². The molecule has 2 heterocycles. The van der Waals surface area contributed by atoms with Crippen LogP contribution in [0.5, 0.6) is 0 Å². The first-order valence-corrected chi connectivity index (χ1v) is 10.6. The molecule has 2 aromatic heterocycles. The summed E-state index contributed by atoms with van der Waals surface area (Å²) < 4.78 is 3.13. The highest BCUT2D eigenvalue weighted by atomic mass is 16.2. The highest BCUT2D eigenvalue weighted by Crippen LogP contribution is 2.17. The van der Waals surface area contributed by atoms with E-state index in [0.29, 0.717) is 18.5 Å². The van der Waals surface area contributed by atoms with Crippen LogP contribution in [0.15, 0.2) is 23.1 Å². The molecule has 0 atom stereocenters. The minimum Gasteiger partial charge on any atom is -0.352 e. The summed E-state index contributed by atoms with van der Waals surface area (Å²) in [6.07, 6.45) is 7.57. The lowest BCUT2D eigenvalue weighted by atomic mass is 9.95. The van der Waals surface area contributed by atoms with E-state index in [1.54, 1.807) is 0 Å². The second-order valence-electron chi connectivity index (χ2n) is 8.07. The smallest absolute Gasteiger partial charge is 0.252 e. The van der Waals surface area contributed by atoms with Gasteiger partial charge in [-0.05, 0) is 44.7 Å². The van der Waals surface area contributed by atoms with Gasteiger partial charge in [-0.3, -0.25) is 19.1 Å². The number of carbonyl (C=O) groups excluding carboxylic acids is 2. The van der Waals surface area contributed by atoms with Crippen molar-refractivity contribution < 1.29 is 9.59 Å². The molecule has 0 radical (unpaired) electrons. The van der Waals surface area contributed by atoms with E-state index in [4.69, 9.17) is 0 Å². The predicted octanol–water partition coefficient (Wildman–Crippen LogP) is 1.62. The number of pyridine rings is 1. The van der Waals surface area contributed by atoms with E-state index in [1.165, 1.54) is 29.3 Å². The van der Waals surface area contributed by atoms with Gasteiger partial charge in [0.25, 0.3) is 11.5 Å². The number of carbonyl (C=O) groups is 2. The lowest BCUT2D eigenvalue weighted by Crippen LogP contribution is -2.40. The fourth-order valence-corrected chi connectivity index (χ4v) is 4.05. The van der Waals surface area contributed by atoms with Gasteiger partial charge in [-0.2, -0.15) is 5.10 Å². The van der Waals surface area contributed by atoms with Crippen LogP contribution in [0.4, 0.5) is 0 Å². The van der Waals surface area contributed by atoms with Gasteiger partial charge in [0.05, 0.1) is 11.3 Å². The van der Waals surface area contributed by atoms with E-state index in [9.17, 15) is 14.4 Å². The Labute approximate surface area is 176 Å². The van der Waals surface area contributed by atoms with Crippen molar-refractivity contribution in [2.75, 3.05) is 6.54 Å². The van der Waals surface area contributed by atoms with Gasteiger partial charge >= 0.3 is 0 Å². The highest BCUT2D eigenvalue weighted by molar-refractivity contribution is 5.93. The molecule has 162 valence electrons. The maximum Gasteiger partial charge on any atom is 0.252 e. The van der Waals surface area contributed by atoms with Crippen LogP contribution in [-0.2, 0) is 24.8 Å². The lowest BCUT2D eigenvalue weighted by Gasteiger charge is -2.22. The minimum absolute atomic E-state index is 0.0788. The lowest BCUT2D eigenvalue weighted by molar-refractivity contribution is -0.122. The maximum atomic E-state index is 12.5. The number of nitrogens with one attached hydrogen (secondary N) is 2. The Balaban J connectivity index is 1.57. The van der Waals surface area contributed by atoms with Crippen LogP contribution >= 0.6 is 0 Å². The fraction of sp³-hybridized carbons (Fsp3) is 0.545. The molecule has 0 saturated heterocycles. The van der Waals surface area contributed by atoms with Gasteiger partial charge in [-0.15, -0.1) is 0 Å². The van der Waals surface area contributed by atoms with Crippen LogP contribution in [0.25, 0.3) is 0 Å². The number of aryl methyl sites for hydroxylation is 2. The fourth-order valence-electron chi connectivity index (χ4n) is 4.05. The molecule has 0 aromatic carbocycles. The topological polar surface area (TPSA) is 98.0 Å². The summed E-state index contributed by atoms with van der Waals surface area (Å²) in [4.78, 5) is 37.0. The van der Waals surface area contributed by atoms with Gasteiger partial charge in [-0.1, -0.05) is 19.3 Å². The monoisotopic (exact) mass is 413 g/mol. The van der Waals surface area contributed by atoms with Gasteiger partial charge < -0.3 is 15.2 Å². The van der Waals surface area contributed by atoms with E-state index in [0.717, 1.165) is 42.6 Å². The highest BCUT2D eigenvalue weighted by Gasteiger charge is 2.17. The molecule has 2 amide bonds. The van der Waals surface area contributed by atoms with Gasteiger partial charge in [-0.25, -0.2) is 0 Å². The first-order valence-electron chi connectivity index (χ1n) is 10.6. The summed E-state index contributed by atoms with van der Waals surface area (Å²) in [5, 5.41) is 10.3. The van der Waals surface area contributed by atoms with Crippen molar-refractivity contribution in [3.05, 3.63) is 51.2 Å². The molecule has 1 saturated carbocycles. The third-order valence-corrected chi connectivity index (χ3v) is 5.85. The zero-order valence-corrected chi connectivity index (χ0v) is 18.0. The van der Waals surface area contributed by atoms with Crippen molar-refractivity contribution in [3.8, 4) is 0 Å². The molecular weight excluding hydrogens is 382 g/mol. The van der Waals surface area contributed by atoms with E-state index in [1.807, 2.05) is 25.6 Å². The summed E-state index contributed by atoms with van der Waals surface area (Å²) in [6, 6.07) is 3.01. The molecule has 1 fully saturated rings. The standard InChI is InChI=1S/C22H31N5O3/c1-15-19(16(2)26(3)25-15)11-12-23-22(30)17-9-10-21(29)27(13-17)14-20(28)24-18-7-5-4-6-8-18/h9-10,13,18H,4-8,11-12,14H2,1-3H3,(H,23,30)(H,24,28). The SMILES string of the molecule is Cc1nn(C)c(C)c1CCNC(=O)c1ccc(=O)n(CC(=O)NC2CCCCC2)c1. The quantitative estimate of drug-likeness (QED) is 0.721. The van der Waals surface area contributed by atoms with Crippen molar-refractivity contribution in [2.24, 2.45) is 7.05 Å². The summed E-state index contributed by atoms with van der Waals surface area (Å²) >= 11 is 0. The second-order valence-corrected chi connectivity index (χ2v) is 8.07. The summed E-state index contributed by atoms with van der Waals surface area (Å²) in [5.41, 5.74) is 3.23. The molecule has 2 aromatic rings. The Kier molecular flexibility index (Phi) is 7.07. The molecule has 2 N–H and O–H groups in total. The van der Waals surface area contributed by atoms with Gasteiger partial charge in [0.1, 0.15) is 6.54 Å². The molecule has 30 heavy (non-hydrogen) atoms. The van der Waals surface area contributed by atoms with E-state index >= 15 is 0 Å². The zero-order chi connectivity index (χ0) is 21.7. The Morgan fingerprint density at radius 2 is 1.90 bits per heavy atom. The van der Waals surface area contributed by atoms with E-state index in [-0.39, 0.29) is 30.0 Å². The molecule has 0 unspecified atom stereocenters. The zero-order valence-electron chi connectivity index (χ0n) is 18.0. The van der Waals surface area contributed by atoms with Crippen LogP contribution < -0.4 is 16.2 Å². The average Bonchev–Trinajstić information content (AvgIpc) is 2.96. The maximum absolute atomic E-state index is 12.5. The van der Waals surface area contributed by atoms with E-state index in [2.05, 4.69) is 15.7 Å². The number of hydrogen-bond donors (Lipinski definition) is 2. The van der Waals surface area contributed by atoms with Crippen LogP contribution in [0, 0.1) is 13.8 Å². The molecule has 8 nitrogen and oxygen atoms in total. The predicted molar refractivity (Wildman–Crippen MR) is 114 cm³/mol. The Morgan fingerprint density at radius 1 is 1.17 bits per heavy atom. The van der Waals surface area contributed by atoms with Gasteiger partial charge in [0.2, 0.25) is 5.91 Å². The third kappa shape index (κ3) is 5.37. The summed E-state index contributed by atoms with van der Waals surface area (Å²) in [7, 11) is 1.90. The van der Waals surface area contributed by atoms with Gasteiger partial charge in [0, 0.05) is 37.6 Å². The molecule has 1 aliphatic carbocycles. The van der Waals surface area contributed by atoms with Crippen molar-refractivity contribution >= 4 is 11.8 Å². The molecule has 8 heteroatoms. The Hall–Kier alpha value is -2.90. The largest absolute Gasteiger partial charge is 0.352 e. The number of aromatic nitrogens is 3. The number of hydrogen-bond acceptors (Lipinski definition) is 4. The summed E-state index contributed by atoms with van der Waals surface area (Å²) in [6.45, 7) is 4.35. The van der Waals surface area contributed by atoms with Crippen LogP contribution in [0.3, 0.4) is 0 Å². The van der Waals surface area contributed by atoms with Crippen LogP contribution in [0.2, 0.25) is 0 Å². The number of nitrogens with zero attached hydrogens (tertiary/aromatic N) is 3. The van der Waals surface area contributed by atoms with Crippen molar-refractivity contribution in [1.29, 1.82) is 0 Å². The second kappa shape index (κ2) is 9.73. The normalized spacial score (nSPS) is 14.5. The first kappa shape index (κ1) is 21.8. The van der Waals surface area contributed by atoms with Crippen LogP contribution in [-0.4, -0.2) is 38.7 Å². The third-order valence-electron chi connectivity index (χ3n) is 5.85. The Bertz CT molecular complexity index is 970.